The zero-order chi connectivity index (χ0) is 36.8. The van der Waals surface area contributed by atoms with Crippen molar-refractivity contribution < 1.29 is 0 Å². The molecule has 0 spiro atoms. The number of nitrogens with zero attached hydrogens (tertiary/aromatic N) is 1. The van der Waals surface area contributed by atoms with Gasteiger partial charge in [0.25, 0.3) is 0 Å². The summed E-state index contributed by atoms with van der Waals surface area (Å²) >= 11 is 0. The van der Waals surface area contributed by atoms with E-state index in [4.69, 9.17) is 0 Å². The lowest BCUT2D eigenvalue weighted by atomic mass is 9.77. The molecule has 3 aliphatic rings. The first kappa shape index (κ1) is 31.2. The first-order valence-electron chi connectivity index (χ1n) is 19.9. The van der Waals surface area contributed by atoms with Gasteiger partial charge >= 0.3 is 0 Å². The van der Waals surface area contributed by atoms with Crippen LogP contribution in [0.1, 0.15) is 67.6 Å². The molecule has 0 saturated heterocycles. The Hall–Kier alpha value is -6.18. The van der Waals surface area contributed by atoms with Crippen LogP contribution in [-0.4, -0.2) is 4.57 Å². The van der Waals surface area contributed by atoms with E-state index in [2.05, 4.69) is 184 Å². The average molecular weight is 704 g/mol. The lowest BCUT2D eigenvalue weighted by Gasteiger charge is -2.26. The fourth-order valence-electron chi connectivity index (χ4n) is 11.1. The van der Waals surface area contributed by atoms with Crippen LogP contribution in [0.4, 0.5) is 0 Å². The highest BCUT2D eigenvalue weighted by Crippen LogP contribution is 2.60. The molecule has 55 heavy (non-hydrogen) atoms. The quantitative estimate of drug-likeness (QED) is 0.158. The summed E-state index contributed by atoms with van der Waals surface area (Å²) in [6, 6.07) is 53.2. The molecule has 0 aliphatic heterocycles. The number of allylic oxidation sites excluding steroid dienone is 1. The minimum Gasteiger partial charge on any atom is -0.308 e. The predicted octanol–water partition coefficient (Wildman–Crippen LogP) is 14.3. The lowest BCUT2D eigenvalue weighted by Crippen LogP contribution is -2.15. The second-order valence-electron chi connectivity index (χ2n) is 17.1. The average Bonchev–Trinajstić information content (AvgIpc) is 3.76. The van der Waals surface area contributed by atoms with Crippen molar-refractivity contribution in [1.82, 2.24) is 4.57 Å². The van der Waals surface area contributed by atoms with Crippen LogP contribution in [-0.2, 0) is 17.3 Å². The van der Waals surface area contributed by atoms with Crippen molar-refractivity contribution in [3.05, 3.63) is 179 Å². The summed E-state index contributed by atoms with van der Waals surface area (Å²) < 4.78 is 2.57. The molecule has 1 nitrogen and oxygen atoms in total. The molecular weight excluding hydrogens is 663 g/mol. The molecule has 8 aromatic carbocycles. The molecule has 0 bridgehead atoms. The highest BCUT2D eigenvalue weighted by molar-refractivity contribution is 6.25. The second-order valence-corrected chi connectivity index (χ2v) is 17.1. The number of benzene rings is 8. The van der Waals surface area contributed by atoms with Gasteiger partial charge in [0, 0.05) is 32.7 Å². The van der Waals surface area contributed by atoms with Crippen molar-refractivity contribution in [2.24, 2.45) is 0 Å². The third kappa shape index (κ3) is 3.88. The van der Waals surface area contributed by atoms with Crippen LogP contribution in [0.25, 0.3) is 88.4 Å². The molecular formula is C54H41N. The zero-order valence-electron chi connectivity index (χ0n) is 31.8. The van der Waals surface area contributed by atoms with E-state index in [1.807, 2.05) is 0 Å². The Morgan fingerprint density at radius 3 is 1.67 bits per heavy atom. The van der Waals surface area contributed by atoms with Crippen LogP contribution in [0.3, 0.4) is 0 Å². The van der Waals surface area contributed by atoms with Gasteiger partial charge in [0.05, 0.1) is 11.2 Å². The zero-order valence-corrected chi connectivity index (χ0v) is 31.8. The first-order valence-corrected chi connectivity index (χ1v) is 19.9. The summed E-state index contributed by atoms with van der Waals surface area (Å²) in [6.45, 7) is 9.68. The van der Waals surface area contributed by atoms with Gasteiger partial charge in [-0.2, -0.15) is 0 Å². The summed E-state index contributed by atoms with van der Waals surface area (Å²) in [7, 11) is 0. The predicted molar refractivity (Wildman–Crippen MR) is 234 cm³/mol. The molecule has 1 aromatic heterocycles. The Morgan fingerprint density at radius 1 is 0.455 bits per heavy atom. The number of fused-ring (bicyclic) bond motifs is 14. The summed E-state index contributed by atoms with van der Waals surface area (Å²) in [6.07, 6.45) is 6.87. The number of para-hydroxylation sites is 1. The SMILES string of the molecule is CC1(C)c2ccccc2-c2c1ccc1c(-c3c4ccccc4c(-n4c5c(c6ccccc64)CCC=C5)c4ccccc34)cc3c(c21)-c1ccccc1C3(C)C. The van der Waals surface area contributed by atoms with Crippen molar-refractivity contribution in [3.63, 3.8) is 0 Å². The fourth-order valence-corrected chi connectivity index (χ4v) is 11.1. The van der Waals surface area contributed by atoms with Gasteiger partial charge in [-0.25, -0.2) is 0 Å². The monoisotopic (exact) mass is 703 g/mol. The molecule has 0 amide bonds. The van der Waals surface area contributed by atoms with E-state index < -0.39 is 0 Å². The third-order valence-corrected chi connectivity index (χ3v) is 13.6. The molecule has 12 rings (SSSR count). The molecule has 0 N–H and O–H groups in total. The Morgan fingerprint density at radius 2 is 1.00 bits per heavy atom. The number of hydrogen-bond acceptors (Lipinski definition) is 0. The first-order chi connectivity index (χ1) is 26.9. The summed E-state index contributed by atoms with van der Waals surface area (Å²) in [4.78, 5) is 0. The van der Waals surface area contributed by atoms with Crippen molar-refractivity contribution in [1.29, 1.82) is 0 Å². The molecule has 0 atom stereocenters. The molecule has 0 saturated carbocycles. The van der Waals surface area contributed by atoms with E-state index >= 15 is 0 Å². The number of aromatic nitrogens is 1. The maximum Gasteiger partial charge on any atom is 0.0619 e. The highest BCUT2D eigenvalue weighted by Gasteiger charge is 2.42. The number of rotatable bonds is 2. The molecule has 0 fully saturated rings. The van der Waals surface area contributed by atoms with Gasteiger partial charge in [-0.1, -0.05) is 161 Å². The Balaban J connectivity index is 1.28. The summed E-state index contributed by atoms with van der Waals surface area (Å²) in [5, 5.41) is 9.23. The smallest absolute Gasteiger partial charge is 0.0619 e. The van der Waals surface area contributed by atoms with Crippen LogP contribution in [0.2, 0.25) is 0 Å². The van der Waals surface area contributed by atoms with E-state index in [0.29, 0.717) is 0 Å². The highest BCUT2D eigenvalue weighted by atomic mass is 15.0. The topological polar surface area (TPSA) is 4.93 Å². The summed E-state index contributed by atoms with van der Waals surface area (Å²) in [5.41, 5.74) is 18.9. The van der Waals surface area contributed by atoms with E-state index in [9.17, 15) is 0 Å². The van der Waals surface area contributed by atoms with E-state index in [1.165, 1.54) is 116 Å². The lowest BCUT2D eigenvalue weighted by molar-refractivity contribution is 0.660. The van der Waals surface area contributed by atoms with Gasteiger partial charge in [-0.15, -0.1) is 0 Å². The molecule has 262 valence electrons. The molecule has 3 aliphatic carbocycles. The van der Waals surface area contributed by atoms with Crippen LogP contribution in [0, 0.1) is 0 Å². The normalized spacial score (nSPS) is 15.7. The summed E-state index contributed by atoms with van der Waals surface area (Å²) in [5.74, 6) is 0. The molecule has 0 radical (unpaired) electrons. The molecule has 1 heterocycles. The van der Waals surface area contributed by atoms with Gasteiger partial charge in [0.2, 0.25) is 0 Å². The van der Waals surface area contributed by atoms with Crippen LogP contribution in [0.15, 0.2) is 146 Å². The van der Waals surface area contributed by atoms with Crippen LogP contribution in [0.5, 0.6) is 0 Å². The minimum atomic E-state index is -0.160. The van der Waals surface area contributed by atoms with E-state index in [-0.39, 0.29) is 10.8 Å². The molecule has 1 heteroatoms. The van der Waals surface area contributed by atoms with Crippen molar-refractivity contribution in [3.8, 4) is 39.1 Å². The fraction of sp³-hybridized carbons (Fsp3) is 0.148. The Bertz CT molecular complexity index is 3120. The van der Waals surface area contributed by atoms with Crippen LogP contribution >= 0.6 is 0 Å². The Labute approximate surface area is 322 Å². The molecule has 9 aromatic rings. The molecule has 0 unspecified atom stereocenters. The second kappa shape index (κ2) is 10.7. The third-order valence-electron chi connectivity index (χ3n) is 13.6. The number of aryl methyl sites for hydroxylation is 1. The maximum absolute atomic E-state index is 2.58. The van der Waals surface area contributed by atoms with Gasteiger partial charge < -0.3 is 4.57 Å². The van der Waals surface area contributed by atoms with Gasteiger partial charge in [0.1, 0.15) is 0 Å². The van der Waals surface area contributed by atoms with Crippen LogP contribution < -0.4 is 0 Å². The van der Waals surface area contributed by atoms with E-state index in [0.717, 1.165) is 12.8 Å². The minimum absolute atomic E-state index is 0.0925. The Kier molecular flexibility index (Phi) is 6.09. The maximum atomic E-state index is 2.58. The van der Waals surface area contributed by atoms with Gasteiger partial charge in [0.15, 0.2) is 0 Å². The standard InChI is InChI=1S/C54H41N/c1-53(2)42-25-13-9-23-39(42)49-44(53)30-29-36-41(31-45-50(51(36)49)40-24-10-14-26-43(40)54(45,3)4)48-34-19-5-7-21-37(34)52(38-22-8-6-20-35(38)48)55-46-27-15-11-17-32(46)33-18-12-16-28-47(33)55/h5-11,13-17,19-31H,12,18H2,1-4H3. The van der Waals surface area contributed by atoms with Gasteiger partial charge in [-0.05, 0) is 114 Å². The number of hydrogen-bond donors (Lipinski definition) is 0. The van der Waals surface area contributed by atoms with Gasteiger partial charge in [-0.3, -0.25) is 0 Å². The van der Waals surface area contributed by atoms with Crippen molar-refractivity contribution >= 4 is 49.3 Å². The van der Waals surface area contributed by atoms with Crippen molar-refractivity contribution in [2.45, 2.75) is 51.4 Å². The largest absolute Gasteiger partial charge is 0.308 e. The van der Waals surface area contributed by atoms with E-state index in [1.54, 1.807) is 0 Å². The van der Waals surface area contributed by atoms with Crippen molar-refractivity contribution in [2.75, 3.05) is 0 Å².